The lowest BCUT2D eigenvalue weighted by Crippen LogP contribution is -2.47. The molecule has 0 aliphatic carbocycles. The molecule has 0 fully saturated rings. The summed E-state index contributed by atoms with van der Waals surface area (Å²) in [6.07, 6.45) is 0.979. The second kappa shape index (κ2) is 7.94. The molecule has 2 heteroatoms. The Hall–Kier alpha value is -1.64. The minimum Gasteiger partial charge on any atom is -0.306 e. The van der Waals surface area contributed by atoms with Crippen molar-refractivity contribution in [1.29, 1.82) is 0 Å². The Labute approximate surface area is 160 Å². The number of nitrogens with two attached hydrogens (primary N) is 2. The van der Waals surface area contributed by atoms with Crippen molar-refractivity contribution in [2.24, 2.45) is 11.5 Å². The molecule has 26 heavy (non-hydrogen) atoms. The van der Waals surface area contributed by atoms with E-state index in [0.717, 1.165) is 17.5 Å². The van der Waals surface area contributed by atoms with Crippen LogP contribution in [0.2, 0.25) is 0 Å². The largest absolute Gasteiger partial charge is 0.306 e. The summed E-state index contributed by atoms with van der Waals surface area (Å²) < 4.78 is 0. The van der Waals surface area contributed by atoms with Gasteiger partial charge in [-0.05, 0) is 57.6 Å². The summed E-state index contributed by atoms with van der Waals surface area (Å²) in [5, 5.41) is 0. The predicted octanol–water partition coefficient (Wildman–Crippen LogP) is 5.74. The van der Waals surface area contributed by atoms with Crippen LogP contribution in [0.5, 0.6) is 0 Å². The standard InChI is InChI=1S/C24H36N2/c1-8-18-9-19(15(2)3)12-22(10-18)24(25,26)23-13-20(16(4)5)11-21(14-23)17(6)7/h9-17H,8,25-26H2,1-7H3. The van der Waals surface area contributed by atoms with Crippen molar-refractivity contribution >= 4 is 0 Å². The van der Waals surface area contributed by atoms with Crippen molar-refractivity contribution in [2.45, 2.75) is 78.3 Å². The highest BCUT2D eigenvalue weighted by molar-refractivity contribution is 5.45. The molecule has 2 aromatic carbocycles. The molecule has 0 unspecified atom stereocenters. The molecule has 0 aliphatic rings. The van der Waals surface area contributed by atoms with Gasteiger partial charge in [-0.1, -0.05) is 84.9 Å². The van der Waals surface area contributed by atoms with Crippen molar-refractivity contribution in [2.75, 3.05) is 0 Å². The normalized spacial score (nSPS) is 12.5. The molecular formula is C24H36N2. The van der Waals surface area contributed by atoms with Gasteiger partial charge < -0.3 is 11.5 Å². The van der Waals surface area contributed by atoms with Crippen LogP contribution in [0.15, 0.2) is 36.4 Å². The quantitative estimate of drug-likeness (QED) is 0.652. The van der Waals surface area contributed by atoms with Crippen LogP contribution in [0.4, 0.5) is 0 Å². The topological polar surface area (TPSA) is 52.0 Å². The molecular weight excluding hydrogens is 316 g/mol. The van der Waals surface area contributed by atoms with E-state index < -0.39 is 5.66 Å². The first-order valence-electron chi connectivity index (χ1n) is 9.93. The predicted molar refractivity (Wildman–Crippen MR) is 114 cm³/mol. The van der Waals surface area contributed by atoms with Gasteiger partial charge in [-0.15, -0.1) is 0 Å². The van der Waals surface area contributed by atoms with Crippen LogP contribution in [0.3, 0.4) is 0 Å². The zero-order valence-corrected chi connectivity index (χ0v) is 17.6. The van der Waals surface area contributed by atoms with Gasteiger partial charge in [-0.2, -0.15) is 0 Å². The lowest BCUT2D eigenvalue weighted by molar-refractivity contribution is 0.562. The van der Waals surface area contributed by atoms with Crippen molar-refractivity contribution < 1.29 is 0 Å². The van der Waals surface area contributed by atoms with E-state index in [1.807, 2.05) is 0 Å². The summed E-state index contributed by atoms with van der Waals surface area (Å²) >= 11 is 0. The fraction of sp³-hybridized carbons (Fsp3) is 0.500. The molecule has 2 nitrogen and oxygen atoms in total. The highest BCUT2D eigenvalue weighted by Gasteiger charge is 2.27. The number of hydrogen-bond acceptors (Lipinski definition) is 2. The molecule has 0 atom stereocenters. The zero-order valence-electron chi connectivity index (χ0n) is 17.6. The molecule has 0 aromatic heterocycles. The second-order valence-corrected chi connectivity index (χ2v) is 8.54. The molecule has 0 spiro atoms. The molecule has 0 amide bonds. The maximum absolute atomic E-state index is 6.77. The van der Waals surface area contributed by atoms with E-state index in [1.165, 1.54) is 22.3 Å². The molecule has 0 heterocycles. The fourth-order valence-electron chi connectivity index (χ4n) is 3.24. The van der Waals surface area contributed by atoms with Crippen molar-refractivity contribution in [3.8, 4) is 0 Å². The lowest BCUT2D eigenvalue weighted by Gasteiger charge is -2.29. The first-order valence-corrected chi connectivity index (χ1v) is 9.93. The second-order valence-electron chi connectivity index (χ2n) is 8.54. The summed E-state index contributed by atoms with van der Waals surface area (Å²) in [6, 6.07) is 13.3. The minimum absolute atomic E-state index is 0.441. The van der Waals surface area contributed by atoms with E-state index in [0.29, 0.717) is 17.8 Å². The Bertz CT molecular complexity index is 729. The van der Waals surface area contributed by atoms with Gasteiger partial charge in [0.05, 0.1) is 0 Å². The van der Waals surface area contributed by atoms with Gasteiger partial charge in [0.2, 0.25) is 0 Å². The smallest absolute Gasteiger partial charge is 0.116 e. The maximum Gasteiger partial charge on any atom is 0.116 e. The van der Waals surface area contributed by atoms with Crippen LogP contribution in [0, 0.1) is 0 Å². The van der Waals surface area contributed by atoms with Crippen molar-refractivity contribution in [3.63, 3.8) is 0 Å². The minimum atomic E-state index is -0.997. The Morgan fingerprint density at radius 3 is 1.42 bits per heavy atom. The van der Waals surface area contributed by atoms with E-state index in [1.54, 1.807) is 0 Å². The number of benzene rings is 2. The molecule has 4 N–H and O–H groups in total. The first kappa shape index (κ1) is 20.7. The van der Waals surface area contributed by atoms with Gasteiger partial charge in [0.1, 0.15) is 5.66 Å². The van der Waals surface area contributed by atoms with Crippen LogP contribution in [-0.4, -0.2) is 0 Å². The Morgan fingerprint density at radius 2 is 1.04 bits per heavy atom. The van der Waals surface area contributed by atoms with Gasteiger partial charge >= 0.3 is 0 Å². The molecule has 0 saturated carbocycles. The monoisotopic (exact) mass is 352 g/mol. The van der Waals surface area contributed by atoms with E-state index in [2.05, 4.69) is 84.9 Å². The summed E-state index contributed by atoms with van der Waals surface area (Å²) in [5.41, 5.74) is 19.7. The van der Waals surface area contributed by atoms with Gasteiger partial charge in [-0.3, -0.25) is 0 Å². The van der Waals surface area contributed by atoms with Gasteiger partial charge in [0.25, 0.3) is 0 Å². The highest BCUT2D eigenvalue weighted by atomic mass is 15.0. The SMILES string of the molecule is CCc1cc(C(C)C)cc(C(N)(N)c2cc(C(C)C)cc(C(C)C)c2)c1. The van der Waals surface area contributed by atoms with E-state index in [-0.39, 0.29) is 0 Å². The maximum atomic E-state index is 6.77. The van der Waals surface area contributed by atoms with Crippen LogP contribution < -0.4 is 11.5 Å². The average molecular weight is 353 g/mol. The highest BCUT2D eigenvalue weighted by Crippen LogP contribution is 2.31. The zero-order chi connectivity index (χ0) is 19.6. The Kier molecular flexibility index (Phi) is 6.31. The Balaban J connectivity index is 2.64. The van der Waals surface area contributed by atoms with Crippen molar-refractivity contribution in [3.05, 3.63) is 69.8 Å². The third-order valence-electron chi connectivity index (χ3n) is 5.36. The Morgan fingerprint density at radius 1 is 0.654 bits per heavy atom. The fourth-order valence-corrected chi connectivity index (χ4v) is 3.24. The lowest BCUT2D eigenvalue weighted by atomic mass is 9.84. The first-order chi connectivity index (χ1) is 12.1. The molecule has 0 saturated heterocycles. The molecule has 2 rings (SSSR count). The average Bonchev–Trinajstić information content (AvgIpc) is 2.60. The third-order valence-corrected chi connectivity index (χ3v) is 5.36. The molecule has 0 radical (unpaired) electrons. The van der Waals surface area contributed by atoms with Crippen LogP contribution >= 0.6 is 0 Å². The number of hydrogen-bond donors (Lipinski definition) is 2. The van der Waals surface area contributed by atoms with E-state index >= 15 is 0 Å². The van der Waals surface area contributed by atoms with Crippen LogP contribution in [0.1, 0.15) is 99.6 Å². The summed E-state index contributed by atoms with van der Waals surface area (Å²) in [7, 11) is 0. The molecule has 0 aliphatic heterocycles. The van der Waals surface area contributed by atoms with Crippen LogP contribution in [-0.2, 0) is 12.1 Å². The number of aryl methyl sites for hydroxylation is 1. The summed E-state index contributed by atoms with van der Waals surface area (Å²) in [4.78, 5) is 0. The third kappa shape index (κ3) is 4.36. The van der Waals surface area contributed by atoms with E-state index in [4.69, 9.17) is 11.5 Å². The molecule has 142 valence electrons. The molecule has 0 bridgehead atoms. The number of rotatable bonds is 6. The van der Waals surface area contributed by atoms with Gasteiger partial charge in [-0.25, -0.2) is 0 Å². The van der Waals surface area contributed by atoms with Gasteiger partial charge in [0, 0.05) is 0 Å². The van der Waals surface area contributed by atoms with Crippen LogP contribution in [0.25, 0.3) is 0 Å². The molecule has 2 aromatic rings. The summed E-state index contributed by atoms with van der Waals surface area (Å²) in [6.45, 7) is 15.5. The van der Waals surface area contributed by atoms with Crippen molar-refractivity contribution in [1.82, 2.24) is 0 Å². The van der Waals surface area contributed by atoms with E-state index in [9.17, 15) is 0 Å². The van der Waals surface area contributed by atoms with Gasteiger partial charge in [0.15, 0.2) is 0 Å². The summed E-state index contributed by atoms with van der Waals surface area (Å²) in [5.74, 6) is 1.33.